The van der Waals surface area contributed by atoms with E-state index >= 15 is 0 Å². The van der Waals surface area contributed by atoms with Crippen LogP contribution in [0.25, 0.3) is 0 Å². The summed E-state index contributed by atoms with van der Waals surface area (Å²) in [6.07, 6.45) is 1.25. The average molecular weight is 128 g/mol. The van der Waals surface area contributed by atoms with Crippen LogP contribution in [0, 0.1) is 0 Å². The fourth-order valence-electron chi connectivity index (χ4n) is 0.863. The third kappa shape index (κ3) is 1.80. The van der Waals surface area contributed by atoms with E-state index < -0.39 is 0 Å². The first-order chi connectivity index (χ1) is 4.24. The first-order valence-corrected chi connectivity index (χ1v) is 3.14. The molecule has 0 aromatic carbocycles. The zero-order valence-corrected chi connectivity index (χ0v) is 5.63. The molecule has 0 bridgehead atoms. The lowest BCUT2D eigenvalue weighted by atomic mass is 10.1. The summed E-state index contributed by atoms with van der Waals surface area (Å²) < 4.78 is 5.07. The second-order valence-electron chi connectivity index (χ2n) is 2.56. The smallest absolute Gasteiger partial charge is 0.107 e. The highest BCUT2D eigenvalue weighted by atomic mass is 16.6. The lowest BCUT2D eigenvalue weighted by molar-refractivity contribution is 0.242. The van der Waals surface area contributed by atoms with E-state index in [9.17, 15) is 0 Å². The number of hydrogen-bond donors (Lipinski definition) is 1. The maximum absolute atomic E-state index is 8.53. The van der Waals surface area contributed by atoms with E-state index in [2.05, 4.69) is 6.58 Å². The lowest BCUT2D eigenvalue weighted by Gasteiger charge is -1.89. The molecule has 1 saturated heterocycles. The highest BCUT2D eigenvalue weighted by Crippen LogP contribution is 2.26. The third-order valence-corrected chi connectivity index (χ3v) is 1.42. The lowest BCUT2D eigenvalue weighted by Crippen LogP contribution is -1.98. The summed E-state index contributed by atoms with van der Waals surface area (Å²) in [5.41, 5.74) is 1.12. The van der Waals surface area contributed by atoms with E-state index in [1.165, 1.54) is 0 Å². The van der Waals surface area contributed by atoms with Crippen molar-refractivity contribution in [3.63, 3.8) is 0 Å². The summed E-state index contributed by atoms with van der Waals surface area (Å²) in [4.78, 5) is 0. The summed E-state index contributed by atoms with van der Waals surface area (Å²) in [7, 11) is 0. The first kappa shape index (κ1) is 6.78. The van der Waals surface area contributed by atoms with Gasteiger partial charge in [0.15, 0.2) is 0 Å². The van der Waals surface area contributed by atoms with Gasteiger partial charge in [0.05, 0.1) is 12.7 Å². The molecule has 1 rings (SSSR count). The van der Waals surface area contributed by atoms with Crippen LogP contribution in [-0.4, -0.2) is 23.9 Å². The van der Waals surface area contributed by atoms with E-state index in [-0.39, 0.29) is 18.8 Å². The van der Waals surface area contributed by atoms with E-state index in [4.69, 9.17) is 9.84 Å². The van der Waals surface area contributed by atoms with Crippen LogP contribution in [0.4, 0.5) is 0 Å². The molecule has 1 N–H and O–H groups in total. The quantitative estimate of drug-likeness (QED) is 0.448. The Bertz CT molecular complexity index is 120. The van der Waals surface area contributed by atoms with Crippen molar-refractivity contribution in [3.8, 4) is 0 Å². The van der Waals surface area contributed by atoms with Gasteiger partial charge in [-0.05, 0) is 13.3 Å². The molecule has 0 radical (unpaired) electrons. The largest absolute Gasteiger partial charge is 0.394 e. The van der Waals surface area contributed by atoms with Gasteiger partial charge in [0.25, 0.3) is 0 Å². The molecule has 2 atom stereocenters. The van der Waals surface area contributed by atoms with Gasteiger partial charge in [-0.15, -0.1) is 6.58 Å². The van der Waals surface area contributed by atoms with Gasteiger partial charge in [0, 0.05) is 0 Å². The standard InChI is InChI=1S/C7H12O2/c1-5(2)3-6-7(4-8)9-6/h6-8H,1,3-4H2,2H3/t6-,7+/m0/s1. The predicted molar refractivity (Wildman–Crippen MR) is 35.2 cm³/mol. The monoisotopic (exact) mass is 128 g/mol. The van der Waals surface area contributed by atoms with Crippen molar-refractivity contribution in [2.45, 2.75) is 25.6 Å². The zero-order chi connectivity index (χ0) is 6.85. The van der Waals surface area contributed by atoms with E-state index in [0.29, 0.717) is 0 Å². The Labute approximate surface area is 55.1 Å². The van der Waals surface area contributed by atoms with Gasteiger partial charge < -0.3 is 9.84 Å². The molecule has 0 aromatic heterocycles. The number of epoxide rings is 1. The summed E-state index contributed by atoms with van der Waals surface area (Å²) in [6.45, 7) is 5.86. The van der Waals surface area contributed by atoms with Crippen molar-refractivity contribution in [2.24, 2.45) is 0 Å². The molecule has 1 aliphatic heterocycles. The van der Waals surface area contributed by atoms with Gasteiger partial charge in [-0.2, -0.15) is 0 Å². The molecule has 0 amide bonds. The van der Waals surface area contributed by atoms with Crippen molar-refractivity contribution in [1.82, 2.24) is 0 Å². The van der Waals surface area contributed by atoms with Gasteiger partial charge in [-0.25, -0.2) is 0 Å². The minimum atomic E-state index is 0.0988. The molecule has 2 nitrogen and oxygen atoms in total. The summed E-state index contributed by atoms with van der Waals surface area (Å²) in [5.74, 6) is 0. The Kier molecular flexibility index (Phi) is 1.88. The molecule has 1 fully saturated rings. The number of hydrogen-bond acceptors (Lipinski definition) is 2. The Morgan fingerprint density at radius 3 is 2.67 bits per heavy atom. The predicted octanol–water partition coefficient (Wildman–Crippen LogP) is 0.712. The van der Waals surface area contributed by atoms with Crippen LogP contribution >= 0.6 is 0 Å². The number of aliphatic hydroxyl groups excluding tert-OH is 1. The Morgan fingerprint density at radius 1 is 1.67 bits per heavy atom. The fraction of sp³-hybridized carbons (Fsp3) is 0.714. The number of ether oxygens (including phenoxy) is 1. The van der Waals surface area contributed by atoms with Crippen molar-refractivity contribution in [2.75, 3.05) is 6.61 Å². The van der Waals surface area contributed by atoms with Crippen molar-refractivity contribution >= 4 is 0 Å². The molecule has 0 unspecified atom stereocenters. The van der Waals surface area contributed by atoms with Gasteiger partial charge >= 0.3 is 0 Å². The van der Waals surface area contributed by atoms with Crippen LogP contribution in [0.5, 0.6) is 0 Å². The van der Waals surface area contributed by atoms with Crippen LogP contribution in [0.15, 0.2) is 12.2 Å². The molecule has 1 aliphatic rings. The Hall–Kier alpha value is -0.340. The highest BCUT2D eigenvalue weighted by molar-refractivity contribution is 4.98. The molecule has 9 heavy (non-hydrogen) atoms. The third-order valence-electron chi connectivity index (χ3n) is 1.42. The van der Waals surface area contributed by atoms with Crippen molar-refractivity contribution < 1.29 is 9.84 Å². The van der Waals surface area contributed by atoms with E-state index in [1.54, 1.807) is 0 Å². The molecule has 1 heterocycles. The van der Waals surface area contributed by atoms with Crippen LogP contribution in [0.3, 0.4) is 0 Å². The molecular weight excluding hydrogens is 116 g/mol. The van der Waals surface area contributed by atoms with Crippen LogP contribution < -0.4 is 0 Å². The average Bonchev–Trinajstić information content (AvgIpc) is 2.45. The Balaban J connectivity index is 2.12. The summed E-state index contributed by atoms with van der Waals surface area (Å²) in [5, 5.41) is 8.53. The molecule has 0 aliphatic carbocycles. The fourth-order valence-corrected chi connectivity index (χ4v) is 0.863. The molecular formula is C7H12O2. The molecule has 52 valence electrons. The number of rotatable bonds is 3. The zero-order valence-electron chi connectivity index (χ0n) is 5.63. The normalized spacial score (nSPS) is 32.2. The summed E-state index contributed by atoms with van der Waals surface area (Å²) >= 11 is 0. The second kappa shape index (κ2) is 2.50. The van der Waals surface area contributed by atoms with Crippen LogP contribution in [0.1, 0.15) is 13.3 Å². The van der Waals surface area contributed by atoms with Gasteiger partial charge in [0.1, 0.15) is 6.10 Å². The van der Waals surface area contributed by atoms with Gasteiger partial charge in [0.2, 0.25) is 0 Å². The van der Waals surface area contributed by atoms with Gasteiger partial charge in [-0.3, -0.25) is 0 Å². The SMILES string of the molecule is C=C(C)C[C@@H]1O[C@@H]1CO. The topological polar surface area (TPSA) is 32.8 Å². The minimum absolute atomic E-state index is 0.0988. The molecule has 0 saturated carbocycles. The second-order valence-corrected chi connectivity index (χ2v) is 2.56. The minimum Gasteiger partial charge on any atom is -0.394 e. The highest BCUT2D eigenvalue weighted by Gasteiger charge is 2.37. The van der Waals surface area contributed by atoms with E-state index in [1.807, 2.05) is 6.92 Å². The van der Waals surface area contributed by atoms with Crippen LogP contribution in [-0.2, 0) is 4.74 Å². The summed E-state index contributed by atoms with van der Waals surface area (Å²) in [6, 6.07) is 0. The Morgan fingerprint density at radius 2 is 2.33 bits per heavy atom. The maximum atomic E-state index is 8.53. The van der Waals surface area contributed by atoms with Crippen LogP contribution in [0.2, 0.25) is 0 Å². The molecule has 0 spiro atoms. The van der Waals surface area contributed by atoms with Gasteiger partial charge in [-0.1, -0.05) is 5.57 Å². The maximum Gasteiger partial charge on any atom is 0.107 e. The van der Waals surface area contributed by atoms with E-state index in [0.717, 1.165) is 12.0 Å². The first-order valence-electron chi connectivity index (χ1n) is 3.14. The molecule has 2 heteroatoms. The van der Waals surface area contributed by atoms with Crippen molar-refractivity contribution in [1.29, 1.82) is 0 Å². The molecule has 0 aromatic rings. The van der Waals surface area contributed by atoms with Crippen molar-refractivity contribution in [3.05, 3.63) is 12.2 Å². The number of aliphatic hydroxyl groups is 1.